The Hall–Kier alpha value is -3.59. The summed E-state index contributed by atoms with van der Waals surface area (Å²) < 4.78 is 34.7. The molecule has 0 aromatic heterocycles. The summed E-state index contributed by atoms with van der Waals surface area (Å²) in [7, 11) is 1.47. The van der Waals surface area contributed by atoms with E-state index < -0.39 is 26.5 Å². The van der Waals surface area contributed by atoms with Crippen molar-refractivity contribution in [2.45, 2.75) is 302 Å². The van der Waals surface area contributed by atoms with Crippen molar-refractivity contribution in [1.29, 1.82) is 0 Å². The number of phosphoric acid groups is 1. The van der Waals surface area contributed by atoms with E-state index in [2.05, 4.69) is 135 Å². The van der Waals surface area contributed by atoms with E-state index in [1.54, 1.807) is 0 Å². The number of rotatable bonds is 64. The maximum absolute atomic E-state index is 12.9. The number of hydrogen-bond donors (Lipinski definition) is 1. The lowest BCUT2D eigenvalue weighted by atomic mass is 10.0. The Kier molecular flexibility index (Phi) is 63.1. The molecule has 2 atom stereocenters. The summed E-state index contributed by atoms with van der Waals surface area (Å²) in [4.78, 5) is 35.9. The first kappa shape index (κ1) is 82.4. The zero-order valence-corrected chi connectivity index (χ0v) is 57.2. The van der Waals surface area contributed by atoms with Gasteiger partial charge in [-0.2, -0.15) is 0 Å². The number of phosphoric ester groups is 1. The Morgan fingerprint density at radius 1 is 0.360 bits per heavy atom. The van der Waals surface area contributed by atoms with Gasteiger partial charge in [-0.3, -0.25) is 18.6 Å². The molecule has 0 aromatic carbocycles. The van der Waals surface area contributed by atoms with Crippen molar-refractivity contribution in [3.63, 3.8) is 0 Å². The molecule has 10 heteroatoms. The largest absolute Gasteiger partial charge is 0.472 e. The molecule has 494 valence electrons. The van der Waals surface area contributed by atoms with Crippen LogP contribution in [-0.2, 0) is 32.7 Å². The van der Waals surface area contributed by atoms with Gasteiger partial charge in [0.1, 0.15) is 19.8 Å². The Balaban J connectivity index is 4.00. The van der Waals surface area contributed by atoms with Gasteiger partial charge in [0.2, 0.25) is 0 Å². The molecule has 9 nitrogen and oxygen atoms in total. The molecule has 86 heavy (non-hydrogen) atoms. The molecule has 0 saturated heterocycles. The van der Waals surface area contributed by atoms with Crippen LogP contribution in [0.3, 0.4) is 0 Å². The Morgan fingerprint density at radius 2 is 0.628 bits per heavy atom. The minimum Gasteiger partial charge on any atom is -0.462 e. The van der Waals surface area contributed by atoms with E-state index >= 15 is 0 Å². The monoisotopic (exact) mass is 1220 g/mol. The number of esters is 2. The number of allylic oxidation sites excluding steroid dienone is 20. The average molecular weight is 1220 g/mol. The van der Waals surface area contributed by atoms with Crippen LogP contribution in [0.2, 0.25) is 0 Å². The van der Waals surface area contributed by atoms with E-state index in [0.717, 1.165) is 103 Å². The molecule has 1 N–H and O–H groups in total. The van der Waals surface area contributed by atoms with E-state index in [1.807, 2.05) is 21.1 Å². The van der Waals surface area contributed by atoms with Gasteiger partial charge in [0.05, 0.1) is 27.7 Å². The van der Waals surface area contributed by atoms with E-state index in [4.69, 9.17) is 18.5 Å². The van der Waals surface area contributed by atoms with Gasteiger partial charge in [0.15, 0.2) is 6.10 Å². The van der Waals surface area contributed by atoms with E-state index in [1.165, 1.54) is 161 Å². The quantitative estimate of drug-likeness (QED) is 0.0211. The van der Waals surface area contributed by atoms with Crippen LogP contribution in [0, 0.1) is 0 Å². The van der Waals surface area contributed by atoms with Gasteiger partial charge in [0, 0.05) is 12.8 Å². The molecule has 0 heterocycles. The third kappa shape index (κ3) is 69.5. The molecular weight excluding hydrogens is 1090 g/mol. The van der Waals surface area contributed by atoms with Crippen molar-refractivity contribution in [2.24, 2.45) is 0 Å². The van der Waals surface area contributed by atoms with Crippen molar-refractivity contribution < 1.29 is 42.1 Å². The van der Waals surface area contributed by atoms with Gasteiger partial charge in [-0.25, -0.2) is 4.57 Å². The molecule has 0 radical (unpaired) electrons. The molecule has 0 bridgehead atoms. The fraction of sp³-hybridized carbons (Fsp3) is 0.711. The van der Waals surface area contributed by atoms with E-state index in [0.29, 0.717) is 17.4 Å². The fourth-order valence-electron chi connectivity index (χ4n) is 9.66. The maximum Gasteiger partial charge on any atom is 0.472 e. The minimum absolute atomic E-state index is 0.0278. The van der Waals surface area contributed by atoms with Crippen LogP contribution in [0.15, 0.2) is 122 Å². The Bertz CT molecular complexity index is 1870. The van der Waals surface area contributed by atoms with Crippen LogP contribution < -0.4 is 0 Å². The lowest BCUT2D eigenvalue weighted by Gasteiger charge is -2.24. The summed E-state index contributed by atoms with van der Waals surface area (Å²) in [6, 6.07) is 0. The first-order chi connectivity index (χ1) is 42.0. The highest BCUT2D eigenvalue weighted by Gasteiger charge is 2.27. The minimum atomic E-state index is -4.40. The number of nitrogens with zero attached hydrogens (tertiary/aromatic N) is 1. The Labute approximate surface area is 530 Å². The highest BCUT2D eigenvalue weighted by atomic mass is 31.2. The van der Waals surface area contributed by atoms with Gasteiger partial charge in [-0.1, -0.05) is 302 Å². The molecule has 0 spiro atoms. The molecule has 0 aliphatic rings. The molecular formula is C76H133NO8P+. The summed E-state index contributed by atoms with van der Waals surface area (Å²) in [6.07, 6.45) is 94.5. The van der Waals surface area contributed by atoms with Crippen LogP contribution in [0.25, 0.3) is 0 Å². The molecule has 0 aliphatic heterocycles. The van der Waals surface area contributed by atoms with Crippen LogP contribution in [0.5, 0.6) is 0 Å². The normalized spacial score (nSPS) is 13.9. The molecule has 0 aliphatic carbocycles. The lowest BCUT2D eigenvalue weighted by Crippen LogP contribution is -2.37. The summed E-state index contributed by atoms with van der Waals surface area (Å²) in [5, 5.41) is 0. The van der Waals surface area contributed by atoms with Gasteiger partial charge in [0.25, 0.3) is 0 Å². The first-order valence-electron chi connectivity index (χ1n) is 35.3. The van der Waals surface area contributed by atoms with Gasteiger partial charge in [-0.15, -0.1) is 0 Å². The van der Waals surface area contributed by atoms with Gasteiger partial charge >= 0.3 is 19.8 Å². The average Bonchev–Trinajstić information content (AvgIpc) is 3.56. The number of carbonyl (C=O) groups excluding carboxylic acids is 2. The van der Waals surface area contributed by atoms with Gasteiger partial charge in [-0.05, 0) is 103 Å². The van der Waals surface area contributed by atoms with Crippen molar-refractivity contribution >= 4 is 19.8 Å². The Morgan fingerprint density at radius 3 is 0.930 bits per heavy atom. The van der Waals surface area contributed by atoms with Crippen molar-refractivity contribution in [3.8, 4) is 0 Å². The SMILES string of the molecule is CC/C=C\C/C=C\C/C=C\C/C=C\C/C=C\C/C=C\CCCCCCCCCCCCCCCCCCCCCCC(=O)OC(COC(=O)CCCCCCCCCCCC/C=C\C/C=C\C/C=C\C/C=C\CC)COP(=O)(O)OCC[N+](C)(C)C. The predicted molar refractivity (Wildman–Crippen MR) is 371 cm³/mol. The zero-order chi connectivity index (χ0) is 62.6. The molecule has 2 unspecified atom stereocenters. The standard InChI is InChI=1S/C76H132NO8P/c1-6-8-10-12-14-16-18-20-22-24-26-28-30-31-32-33-34-35-36-37-38-39-40-41-42-43-44-45-47-49-51-53-55-57-59-61-63-65-67-69-76(79)85-74(73-84-86(80,81)83-71-70-77(3,4)5)72-82-75(78)68-66-64-62-60-58-56-54-52-50-48-46-29-27-25-23-21-19-17-15-13-11-9-7-2/h8-11,14-17,20-23,26-29,31-32,34-35,74H,6-7,12-13,18-19,24-25,30,33,36-73H2,1-5H3/p+1/b10-8-,11-9-,16-14-,17-15-,22-20-,23-21-,28-26-,29-27-,32-31-,35-34-. The molecule has 0 aromatic rings. The first-order valence-corrected chi connectivity index (χ1v) is 36.8. The predicted octanol–water partition coefficient (Wildman–Crippen LogP) is 23.0. The number of hydrogen-bond acceptors (Lipinski definition) is 7. The van der Waals surface area contributed by atoms with Crippen LogP contribution >= 0.6 is 7.82 Å². The summed E-state index contributed by atoms with van der Waals surface area (Å²) in [6.45, 7) is 4.22. The second-order valence-electron chi connectivity index (χ2n) is 24.5. The fourth-order valence-corrected chi connectivity index (χ4v) is 10.4. The molecule has 0 saturated carbocycles. The van der Waals surface area contributed by atoms with Crippen LogP contribution in [0.1, 0.15) is 296 Å². The molecule has 0 amide bonds. The third-order valence-corrected chi connectivity index (χ3v) is 16.0. The number of ether oxygens (including phenoxy) is 2. The second-order valence-corrected chi connectivity index (χ2v) is 26.0. The van der Waals surface area contributed by atoms with Crippen molar-refractivity contribution in [3.05, 3.63) is 122 Å². The summed E-state index contributed by atoms with van der Waals surface area (Å²) in [5.74, 6) is -0.797. The molecule has 0 fully saturated rings. The van der Waals surface area contributed by atoms with Crippen molar-refractivity contribution in [2.75, 3.05) is 47.5 Å². The summed E-state index contributed by atoms with van der Waals surface area (Å²) in [5.41, 5.74) is 0. The topological polar surface area (TPSA) is 108 Å². The second kappa shape index (κ2) is 65.8. The number of quaternary nitrogens is 1. The van der Waals surface area contributed by atoms with E-state index in [9.17, 15) is 19.0 Å². The van der Waals surface area contributed by atoms with Crippen LogP contribution in [-0.4, -0.2) is 74.9 Å². The van der Waals surface area contributed by atoms with Crippen LogP contribution in [0.4, 0.5) is 0 Å². The maximum atomic E-state index is 12.9. The third-order valence-electron chi connectivity index (χ3n) is 15.0. The smallest absolute Gasteiger partial charge is 0.462 e. The van der Waals surface area contributed by atoms with Crippen molar-refractivity contribution in [1.82, 2.24) is 0 Å². The summed E-state index contributed by atoms with van der Waals surface area (Å²) >= 11 is 0. The highest BCUT2D eigenvalue weighted by Crippen LogP contribution is 2.43. The van der Waals surface area contributed by atoms with E-state index in [-0.39, 0.29) is 32.0 Å². The number of likely N-dealkylation sites (N-methyl/N-ethyl adjacent to an activating group) is 1. The lowest BCUT2D eigenvalue weighted by molar-refractivity contribution is -0.870. The van der Waals surface area contributed by atoms with Gasteiger partial charge < -0.3 is 18.9 Å². The highest BCUT2D eigenvalue weighted by molar-refractivity contribution is 7.47. The molecule has 0 rings (SSSR count). The number of unbranched alkanes of at least 4 members (excludes halogenated alkanes) is 30. The zero-order valence-electron chi connectivity index (χ0n) is 56.3. The number of carbonyl (C=O) groups is 2.